The molecule has 0 saturated carbocycles. The number of carbonyl (C=O) groups excluding carboxylic acids is 2. The van der Waals surface area contributed by atoms with E-state index in [2.05, 4.69) is 20.8 Å². The van der Waals surface area contributed by atoms with Crippen LogP contribution in [0.25, 0.3) is 0 Å². The van der Waals surface area contributed by atoms with Gasteiger partial charge in [0.2, 0.25) is 11.0 Å². The fourth-order valence-corrected chi connectivity index (χ4v) is 2.81. The molecule has 2 rings (SSSR count). The average molecular weight is 364 g/mol. The summed E-state index contributed by atoms with van der Waals surface area (Å²) in [5.41, 5.74) is 0.290. The van der Waals surface area contributed by atoms with Crippen molar-refractivity contribution in [2.24, 2.45) is 5.92 Å². The zero-order valence-electron chi connectivity index (χ0n) is 14.5. The van der Waals surface area contributed by atoms with Gasteiger partial charge in [0.25, 0.3) is 5.91 Å². The van der Waals surface area contributed by atoms with Crippen molar-refractivity contribution in [2.45, 2.75) is 39.7 Å². The van der Waals surface area contributed by atoms with Crippen LogP contribution in [0.1, 0.15) is 49.0 Å². The number of nitrogens with one attached hydrogen (secondary N) is 2. The van der Waals surface area contributed by atoms with Crippen molar-refractivity contribution in [3.63, 3.8) is 0 Å². The number of carbonyl (C=O) groups is 2. The predicted octanol–water partition coefficient (Wildman–Crippen LogP) is 3.19. The summed E-state index contributed by atoms with van der Waals surface area (Å²) in [6, 6.07) is 4.41. The Morgan fingerprint density at radius 2 is 1.72 bits per heavy atom. The highest BCUT2D eigenvalue weighted by Gasteiger charge is 2.25. The minimum Gasteiger partial charge on any atom is -0.340 e. The van der Waals surface area contributed by atoms with E-state index in [9.17, 15) is 14.0 Å². The summed E-state index contributed by atoms with van der Waals surface area (Å²) in [6.07, 6.45) is 0. The molecule has 1 heterocycles. The summed E-state index contributed by atoms with van der Waals surface area (Å²) in [7, 11) is 0. The second-order valence-electron chi connectivity index (χ2n) is 6.29. The summed E-state index contributed by atoms with van der Waals surface area (Å²) >= 11 is 1.31. The predicted molar refractivity (Wildman–Crippen MR) is 95.1 cm³/mol. The zero-order chi connectivity index (χ0) is 18.6. The van der Waals surface area contributed by atoms with Gasteiger partial charge in [-0.3, -0.25) is 14.9 Å². The van der Waals surface area contributed by atoms with E-state index in [1.807, 2.05) is 27.7 Å². The first-order chi connectivity index (χ1) is 11.8. The Morgan fingerprint density at radius 3 is 2.24 bits per heavy atom. The van der Waals surface area contributed by atoms with Crippen LogP contribution in [-0.2, 0) is 4.79 Å². The zero-order valence-corrected chi connectivity index (χ0v) is 15.4. The third-order valence-corrected chi connectivity index (χ3v) is 4.65. The molecule has 0 aliphatic carbocycles. The lowest BCUT2D eigenvalue weighted by Crippen LogP contribution is -2.47. The third-order valence-electron chi connectivity index (χ3n) is 3.51. The quantitative estimate of drug-likeness (QED) is 0.824. The van der Waals surface area contributed by atoms with Crippen molar-refractivity contribution in [3.8, 4) is 0 Å². The van der Waals surface area contributed by atoms with Crippen molar-refractivity contribution < 1.29 is 14.0 Å². The normalized spacial score (nSPS) is 12.3. The molecule has 1 unspecified atom stereocenters. The average Bonchev–Trinajstić information content (AvgIpc) is 3.01. The number of hydrogen-bond acceptors (Lipinski definition) is 5. The van der Waals surface area contributed by atoms with E-state index in [0.29, 0.717) is 5.13 Å². The van der Waals surface area contributed by atoms with Crippen molar-refractivity contribution >= 4 is 28.3 Å². The van der Waals surface area contributed by atoms with Gasteiger partial charge >= 0.3 is 0 Å². The minimum absolute atomic E-state index is 0.137. The van der Waals surface area contributed by atoms with Crippen LogP contribution in [0.15, 0.2) is 24.3 Å². The van der Waals surface area contributed by atoms with Crippen LogP contribution >= 0.6 is 11.3 Å². The van der Waals surface area contributed by atoms with Gasteiger partial charge in [0, 0.05) is 11.5 Å². The summed E-state index contributed by atoms with van der Waals surface area (Å²) in [6.45, 7) is 7.64. The molecule has 0 radical (unpaired) electrons. The van der Waals surface area contributed by atoms with Crippen LogP contribution in [0.3, 0.4) is 0 Å². The van der Waals surface area contributed by atoms with E-state index in [0.717, 1.165) is 5.01 Å². The standard InChI is InChI=1S/C17H21FN4O2S/c1-9(2)13(19-14(23)11-5-7-12(18)8-6-11)15(24)20-17-22-21-16(25-17)10(3)4/h5-10,13H,1-4H3,(H,19,23)(H,20,22,24). The number of aromatic nitrogens is 2. The lowest BCUT2D eigenvalue weighted by atomic mass is 10.0. The number of benzene rings is 1. The van der Waals surface area contributed by atoms with Crippen LogP contribution in [0, 0.1) is 11.7 Å². The molecule has 1 atom stereocenters. The lowest BCUT2D eigenvalue weighted by Gasteiger charge is -2.21. The maximum Gasteiger partial charge on any atom is 0.251 e. The number of anilines is 1. The Kier molecular flexibility index (Phi) is 6.19. The Labute approximate surface area is 149 Å². The monoisotopic (exact) mass is 364 g/mol. The fourth-order valence-electron chi connectivity index (χ4n) is 2.06. The van der Waals surface area contributed by atoms with Gasteiger partial charge in [-0.1, -0.05) is 39.0 Å². The van der Waals surface area contributed by atoms with Gasteiger partial charge in [-0.25, -0.2) is 4.39 Å². The molecule has 0 aliphatic rings. The molecule has 6 nitrogen and oxygen atoms in total. The van der Waals surface area contributed by atoms with Gasteiger partial charge < -0.3 is 5.32 Å². The molecule has 0 spiro atoms. The summed E-state index contributed by atoms with van der Waals surface area (Å²) in [5.74, 6) is -1.14. The fraction of sp³-hybridized carbons (Fsp3) is 0.412. The molecule has 1 aromatic heterocycles. The summed E-state index contributed by atoms with van der Waals surface area (Å²) in [5, 5.41) is 14.6. The summed E-state index contributed by atoms with van der Waals surface area (Å²) < 4.78 is 13.0. The second-order valence-corrected chi connectivity index (χ2v) is 7.30. The van der Waals surface area contributed by atoms with E-state index in [1.54, 1.807) is 0 Å². The number of hydrogen-bond donors (Lipinski definition) is 2. The maximum atomic E-state index is 13.0. The van der Waals surface area contributed by atoms with Crippen LogP contribution in [-0.4, -0.2) is 28.1 Å². The molecule has 2 aromatic rings. The van der Waals surface area contributed by atoms with Crippen molar-refractivity contribution in [1.82, 2.24) is 15.5 Å². The van der Waals surface area contributed by atoms with Crippen LogP contribution in [0.5, 0.6) is 0 Å². The highest BCUT2D eigenvalue weighted by molar-refractivity contribution is 7.15. The first-order valence-corrected chi connectivity index (χ1v) is 8.80. The van der Waals surface area contributed by atoms with Gasteiger partial charge in [-0.2, -0.15) is 0 Å². The molecule has 134 valence electrons. The summed E-state index contributed by atoms with van der Waals surface area (Å²) in [4.78, 5) is 24.8. The van der Waals surface area contributed by atoms with E-state index < -0.39 is 17.8 Å². The molecule has 2 amide bonds. The molecule has 0 aliphatic heterocycles. The molecule has 0 bridgehead atoms. The molecular formula is C17H21FN4O2S. The van der Waals surface area contributed by atoms with Crippen molar-refractivity contribution in [1.29, 1.82) is 0 Å². The SMILES string of the molecule is CC(C)c1nnc(NC(=O)C(NC(=O)c2ccc(F)cc2)C(C)C)s1. The Bertz CT molecular complexity index is 743. The highest BCUT2D eigenvalue weighted by atomic mass is 32.1. The minimum atomic E-state index is -0.746. The number of rotatable bonds is 6. The maximum absolute atomic E-state index is 13.0. The lowest BCUT2D eigenvalue weighted by molar-refractivity contribution is -0.118. The molecule has 25 heavy (non-hydrogen) atoms. The Morgan fingerprint density at radius 1 is 1.08 bits per heavy atom. The van der Waals surface area contributed by atoms with E-state index in [-0.39, 0.29) is 23.3 Å². The van der Waals surface area contributed by atoms with E-state index >= 15 is 0 Å². The second kappa shape index (κ2) is 8.15. The number of amides is 2. The van der Waals surface area contributed by atoms with E-state index in [1.165, 1.54) is 35.6 Å². The number of nitrogens with zero attached hydrogens (tertiary/aromatic N) is 2. The number of halogens is 1. The van der Waals surface area contributed by atoms with Gasteiger partial charge in [-0.15, -0.1) is 10.2 Å². The first kappa shape index (κ1) is 19.0. The highest BCUT2D eigenvalue weighted by Crippen LogP contribution is 2.22. The molecule has 0 fully saturated rings. The van der Waals surface area contributed by atoms with Gasteiger partial charge in [0.05, 0.1) is 0 Å². The largest absolute Gasteiger partial charge is 0.340 e. The van der Waals surface area contributed by atoms with E-state index in [4.69, 9.17) is 0 Å². The Balaban J connectivity index is 2.07. The molecule has 2 N–H and O–H groups in total. The van der Waals surface area contributed by atoms with Gasteiger partial charge in [-0.05, 0) is 30.2 Å². The third kappa shape index (κ3) is 5.06. The molecule has 0 saturated heterocycles. The Hall–Kier alpha value is -2.35. The molecule has 8 heteroatoms. The topological polar surface area (TPSA) is 84.0 Å². The van der Waals surface area contributed by atoms with Crippen LogP contribution < -0.4 is 10.6 Å². The molecule has 1 aromatic carbocycles. The van der Waals surface area contributed by atoms with Gasteiger partial charge in [0.1, 0.15) is 16.9 Å². The van der Waals surface area contributed by atoms with Crippen molar-refractivity contribution in [3.05, 3.63) is 40.7 Å². The smallest absolute Gasteiger partial charge is 0.251 e. The van der Waals surface area contributed by atoms with Crippen LogP contribution in [0.4, 0.5) is 9.52 Å². The molecular weight excluding hydrogens is 343 g/mol. The first-order valence-electron chi connectivity index (χ1n) is 7.98. The van der Waals surface area contributed by atoms with Crippen LogP contribution in [0.2, 0.25) is 0 Å². The van der Waals surface area contributed by atoms with Gasteiger partial charge in [0.15, 0.2) is 0 Å². The van der Waals surface area contributed by atoms with Crippen molar-refractivity contribution in [2.75, 3.05) is 5.32 Å².